The van der Waals surface area contributed by atoms with Crippen molar-refractivity contribution in [1.29, 1.82) is 0 Å². The zero-order valence-electron chi connectivity index (χ0n) is 13.9. The Morgan fingerprint density at radius 2 is 2.05 bits per heavy atom. The minimum Gasteiger partial charge on any atom is -0.465 e. The Morgan fingerprint density at radius 1 is 1.38 bits per heavy atom. The summed E-state index contributed by atoms with van der Waals surface area (Å²) in [6.45, 7) is 12.2. The third-order valence-electron chi connectivity index (χ3n) is 3.07. The van der Waals surface area contributed by atoms with Crippen LogP contribution in [0.4, 0.5) is 4.79 Å². The number of carbonyl (C=O) groups is 1. The molecule has 0 aromatic carbocycles. The van der Waals surface area contributed by atoms with Gasteiger partial charge in [-0.25, -0.2) is 4.79 Å². The first kappa shape index (κ1) is 17.6. The van der Waals surface area contributed by atoms with E-state index in [0.29, 0.717) is 6.54 Å². The summed E-state index contributed by atoms with van der Waals surface area (Å²) in [7, 11) is 0. The molecule has 21 heavy (non-hydrogen) atoms. The van der Waals surface area contributed by atoms with Gasteiger partial charge in [-0.15, -0.1) is 0 Å². The molecule has 5 nitrogen and oxygen atoms in total. The second kappa shape index (κ2) is 7.50. The molecular formula is C16H28N2O3. The highest BCUT2D eigenvalue weighted by atomic mass is 16.6. The highest BCUT2D eigenvalue weighted by Crippen LogP contribution is 2.15. The Labute approximate surface area is 127 Å². The van der Waals surface area contributed by atoms with E-state index in [1.165, 1.54) is 0 Å². The zero-order valence-corrected chi connectivity index (χ0v) is 13.9. The maximum absolute atomic E-state index is 11.8. The second-order valence-corrected chi connectivity index (χ2v) is 6.33. The van der Waals surface area contributed by atoms with E-state index >= 15 is 0 Å². The van der Waals surface area contributed by atoms with E-state index in [-0.39, 0.29) is 18.2 Å². The maximum Gasteiger partial charge on any atom is 0.407 e. The van der Waals surface area contributed by atoms with Gasteiger partial charge < -0.3 is 19.8 Å². The fourth-order valence-corrected chi connectivity index (χ4v) is 1.88. The van der Waals surface area contributed by atoms with Crippen LogP contribution in [0.5, 0.6) is 0 Å². The van der Waals surface area contributed by atoms with E-state index in [2.05, 4.69) is 10.6 Å². The van der Waals surface area contributed by atoms with Crippen LogP contribution in [-0.4, -0.2) is 24.3 Å². The lowest BCUT2D eigenvalue weighted by Crippen LogP contribution is -2.44. The molecule has 120 valence electrons. The lowest BCUT2D eigenvalue weighted by molar-refractivity contribution is 0.0502. The molecule has 0 aliphatic rings. The van der Waals surface area contributed by atoms with Gasteiger partial charge in [0.25, 0.3) is 0 Å². The smallest absolute Gasteiger partial charge is 0.407 e. The summed E-state index contributed by atoms with van der Waals surface area (Å²) < 4.78 is 10.9. The molecule has 1 rings (SSSR count). The van der Waals surface area contributed by atoms with Crippen LogP contribution in [0.1, 0.15) is 58.6 Å². The van der Waals surface area contributed by atoms with Crippen molar-refractivity contribution >= 4 is 6.09 Å². The van der Waals surface area contributed by atoms with Crippen molar-refractivity contribution in [1.82, 2.24) is 10.6 Å². The number of ether oxygens (including phenoxy) is 1. The number of rotatable bonds is 6. The minimum atomic E-state index is -0.477. The van der Waals surface area contributed by atoms with E-state index in [4.69, 9.17) is 9.15 Å². The fraction of sp³-hybridized carbons (Fsp3) is 0.688. The van der Waals surface area contributed by atoms with Gasteiger partial charge in [0, 0.05) is 12.6 Å². The normalized spacial score (nSPS) is 14.6. The van der Waals surface area contributed by atoms with Gasteiger partial charge in [-0.3, -0.25) is 0 Å². The molecule has 0 spiro atoms. The SMILES string of the molecule is CCC(CNC(C)c1ccc(C)o1)NC(=O)OC(C)(C)C. The summed E-state index contributed by atoms with van der Waals surface area (Å²) >= 11 is 0. The molecule has 1 aromatic heterocycles. The van der Waals surface area contributed by atoms with Gasteiger partial charge in [0.05, 0.1) is 6.04 Å². The monoisotopic (exact) mass is 296 g/mol. The first-order chi connectivity index (χ1) is 9.71. The van der Waals surface area contributed by atoms with Crippen LogP contribution in [0.15, 0.2) is 16.5 Å². The highest BCUT2D eigenvalue weighted by Gasteiger charge is 2.19. The molecule has 0 radical (unpaired) electrons. The summed E-state index contributed by atoms with van der Waals surface area (Å²) in [5.74, 6) is 1.80. The molecule has 2 unspecified atom stereocenters. The van der Waals surface area contributed by atoms with Gasteiger partial charge in [0.2, 0.25) is 0 Å². The summed E-state index contributed by atoms with van der Waals surface area (Å²) in [6.07, 6.45) is 0.452. The van der Waals surface area contributed by atoms with Crippen molar-refractivity contribution in [3.63, 3.8) is 0 Å². The standard InChI is InChI=1S/C16H28N2O3/c1-7-13(18-15(19)21-16(4,5)6)10-17-12(3)14-9-8-11(2)20-14/h8-9,12-13,17H,7,10H2,1-6H3,(H,18,19). The van der Waals surface area contributed by atoms with Crippen molar-refractivity contribution in [2.45, 2.75) is 65.6 Å². The molecule has 2 N–H and O–H groups in total. The van der Waals surface area contributed by atoms with Crippen molar-refractivity contribution in [3.05, 3.63) is 23.7 Å². The molecular weight excluding hydrogens is 268 g/mol. The van der Waals surface area contributed by atoms with Crippen molar-refractivity contribution in [2.75, 3.05) is 6.54 Å². The molecule has 0 fully saturated rings. The summed E-state index contributed by atoms with van der Waals surface area (Å²) in [5.41, 5.74) is -0.477. The third-order valence-corrected chi connectivity index (χ3v) is 3.07. The molecule has 5 heteroatoms. The highest BCUT2D eigenvalue weighted by molar-refractivity contribution is 5.68. The van der Waals surface area contributed by atoms with Crippen molar-refractivity contribution in [2.24, 2.45) is 0 Å². The van der Waals surface area contributed by atoms with Crippen LogP contribution < -0.4 is 10.6 Å². The van der Waals surface area contributed by atoms with Crippen molar-refractivity contribution in [3.8, 4) is 0 Å². The first-order valence-corrected chi connectivity index (χ1v) is 7.50. The fourth-order valence-electron chi connectivity index (χ4n) is 1.88. The number of hydrogen-bond acceptors (Lipinski definition) is 4. The van der Waals surface area contributed by atoms with Crippen LogP contribution in [0.2, 0.25) is 0 Å². The van der Waals surface area contributed by atoms with Gasteiger partial charge in [0.1, 0.15) is 17.1 Å². The van der Waals surface area contributed by atoms with Crippen LogP contribution in [0, 0.1) is 6.92 Å². The molecule has 1 amide bonds. The number of alkyl carbamates (subject to hydrolysis) is 1. The van der Waals surface area contributed by atoms with Crippen molar-refractivity contribution < 1.29 is 13.9 Å². The predicted molar refractivity (Wildman–Crippen MR) is 83.3 cm³/mol. The number of amides is 1. The van der Waals surface area contributed by atoms with Gasteiger partial charge >= 0.3 is 6.09 Å². The average molecular weight is 296 g/mol. The van der Waals surface area contributed by atoms with Gasteiger partial charge in [0.15, 0.2) is 0 Å². The molecule has 2 atom stereocenters. The first-order valence-electron chi connectivity index (χ1n) is 7.50. The lowest BCUT2D eigenvalue weighted by atomic mass is 10.2. The van der Waals surface area contributed by atoms with Gasteiger partial charge in [-0.2, -0.15) is 0 Å². The molecule has 0 saturated heterocycles. The summed E-state index contributed by atoms with van der Waals surface area (Å²) in [6, 6.07) is 4.05. The number of hydrogen-bond donors (Lipinski definition) is 2. The molecule has 0 saturated carbocycles. The van der Waals surface area contributed by atoms with Crippen LogP contribution in [0.25, 0.3) is 0 Å². The molecule has 0 aliphatic carbocycles. The largest absolute Gasteiger partial charge is 0.465 e. The van der Waals surface area contributed by atoms with E-state index in [0.717, 1.165) is 17.9 Å². The number of carbonyl (C=O) groups excluding carboxylic acids is 1. The molecule has 0 aliphatic heterocycles. The van der Waals surface area contributed by atoms with E-state index in [1.54, 1.807) is 0 Å². The summed E-state index contributed by atoms with van der Waals surface area (Å²) in [4.78, 5) is 11.8. The maximum atomic E-state index is 11.8. The quantitative estimate of drug-likeness (QED) is 0.842. The molecule has 1 heterocycles. The van der Waals surface area contributed by atoms with Gasteiger partial charge in [-0.05, 0) is 53.2 Å². The van der Waals surface area contributed by atoms with Crippen LogP contribution >= 0.6 is 0 Å². The Morgan fingerprint density at radius 3 is 2.52 bits per heavy atom. The topological polar surface area (TPSA) is 63.5 Å². The third kappa shape index (κ3) is 6.67. The minimum absolute atomic E-state index is 0.0263. The second-order valence-electron chi connectivity index (χ2n) is 6.33. The number of furan rings is 1. The van der Waals surface area contributed by atoms with E-state index < -0.39 is 5.60 Å². The Kier molecular flexibility index (Phi) is 6.27. The molecule has 0 bridgehead atoms. The van der Waals surface area contributed by atoms with E-state index in [1.807, 2.05) is 53.7 Å². The Balaban J connectivity index is 2.42. The molecule has 1 aromatic rings. The van der Waals surface area contributed by atoms with Crippen LogP contribution in [0.3, 0.4) is 0 Å². The van der Waals surface area contributed by atoms with Gasteiger partial charge in [-0.1, -0.05) is 6.92 Å². The Hall–Kier alpha value is -1.49. The summed E-state index contributed by atoms with van der Waals surface area (Å²) in [5, 5.41) is 6.25. The zero-order chi connectivity index (χ0) is 16.0. The lowest BCUT2D eigenvalue weighted by Gasteiger charge is -2.24. The predicted octanol–water partition coefficient (Wildman–Crippen LogP) is 3.54. The van der Waals surface area contributed by atoms with E-state index in [9.17, 15) is 4.79 Å². The van der Waals surface area contributed by atoms with Crippen LogP contribution in [-0.2, 0) is 4.74 Å². The Bertz CT molecular complexity index is 449. The number of nitrogens with one attached hydrogen (secondary N) is 2. The average Bonchev–Trinajstić information content (AvgIpc) is 2.78. The number of aryl methyl sites for hydroxylation is 1.